The molecule has 1 aliphatic heterocycles. The molecule has 16 heavy (non-hydrogen) atoms. The number of piperidine rings is 1. The van der Waals surface area contributed by atoms with Crippen molar-refractivity contribution in [2.75, 3.05) is 39.9 Å². The van der Waals surface area contributed by atoms with E-state index in [-0.39, 0.29) is 0 Å². The largest absolute Gasteiger partial charge is 0.382 e. The topological polar surface area (TPSA) is 24.5 Å². The van der Waals surface area contributed by atoms with Crippen LogP contribution in [0.15, 0.2) is 0 Å². The summed E-state index contributed by atoms with van der Waals surface area (Å²) in [5.74, 6) is 0. The van der Waals surface area contributed by atoms with Crippen molar-refractivity contribution in [2.24, 2.45) is 0 Å². The van der Waals surface area contributed by atoms with Gasteiger partial charge in [0.25, 0.3) is 0 Å². The van der Waals surface area contributed by atoms with E-state index in [2.05, 4.69) is 24.2 Å². The zero-order valence-electron chi connectivity index (χ0n) is 11.0. The van der Waals surface area contributed by atoms with E-state index in [1.807, 2.05) is 0 Å². The van der Waals surface area contributed by atoms with Gasteiger partial charge in [-0.05, 0) is 52.7 Å². The number of hydrogen-bond acceptors (Lipinski definition) is 3. The molecule has 1 N–H and O–H groups in total. The van der Waals surface area contributed by atoms with Gasteiger partial charge in [0.1, 0.15) is 0 Å². The Labute approximate surface area is 101 Å². The van der Waals surface area contributed by atoms with Crippen molar-refractivity contribution in [3.05, 3.63) is 0 Å². The van der Waals surface area contributed by atoms with Crippen molar-refractivity contribution < 1.29 is 4.74 Å². The Balaban J connectivity index is 1.94. The van der Waals surface area contributed by atoms with Crippen LogP contribution in [0.1, 0.15) is 39.0 Å². The lowest BCUT2D eigenvalue weighted by atomic mass is 10.0. The minimum atomic E-state index is 0.767. The normalized spacial score (nSPS) is 21.6. The summed E-state index contributed by atoms with van der Waals surface area (Å²) in [4.78, 5) is 2.43. The first-order chi connectivity index (χ1) is 7.83. The van der Waals surface area contributed by atoms with Crippen LogP contribution >= 0.6 is 0 Å². The van der Waals surface area contributed by atoms with Crippen LogP contribution in [-0.4, -0.2) is 50.8 Å². The van der Waals surface area contributed by atoms with Crippen LogP contribution in [0.3, 0.4) is 0 Å². The van der Waals surface area contributed by atoms with Gasteiger partial charge in [-0.1, -0.05) is 6.42 Å². The van der Waals surface area contributed by atoms with Gasteiger partial charge in [0.05, 0.1) is 0 Å². The van der Waals surface area contributed by atoms with E-state index in [1.54, 1.807) is 0 Å². The summed E-state index contributed by atoms with van der Waals surface area (Å²) in [5.41, 5.74) is 0. The molecular formula is C13H28N2O. The Hall–Kier alpha value is -0.120. The average Bonchev–Trinajstić information content (AvgIpc) is 2.33. The van der Waals surface area contributed by atoms with E-state index in [0.29, 0.717) is 0 Å². The van der Waals surface area contributed by atoms with Crippen molar-refractivity contribution in [2.45, 2.75) is 45.1 Å². The van der Waals surface area contributed by atoms with Crippen LogP contribution in [0.5, 0.6) is 0 Å². The summed E-state index contributed by atoms with van der Waals surface area (Å²) in [7, 11) is 2.22. The number of hydrogen-bond donors (Lipinski definition) is 1. The zero-order valence-corrected chi connectivity index (χ0v) is 11.0. The van der Waals surface area contributed by atoms with E-state index in [4.69, 9.17) is 4.74 Å². The second kappa shape index (κ2) is 8.97. The third kappa shape index (κ3) is 6.46. The van der Waals surface area contributed by atoms with Gasteiger partial charge in [0.15, 0.2) is 0 Å². The second-order valence-electron chi connectivity index (χ2n) is 4.79. The van der Waals surface area contributed by atoms with Crippen LogP contribution in [0.4, 0.5) is 0 Å². The van der Waals surface area contributed by atoms with Gasteiger partial charge in [-0.25, -0.2) is 0 Å². The molecule has 0 aromatic heterocycles. The lowest BCUT2D eigenvalue weighted by Gasteiger charge is -2.25. The van der Waals surface area contributed by atoms with Gasteiger partial charge >= 0.3 is 0 Å². The van der Waals surface area contributed by atoms with Crippen LogP contribution in [0.25, 0.3) is 0 Å². The molecule has 1 heterocycles. The molecule has 0 bridgehead atoms. The minimum absolute atomic E-state index is 0.767. The highest BCUT2D eigenvalue weighted by Crippen LogP contribution is 2.10. The van der Waals surface area contributed by atoms with Crippen molar-refractivity contribution in [3.63, 3.8) is 0 Å². The van der Waals surface area contributed by atoms with Gasteiger partial charge in [0, 0.05) is 25.8 Å². The molecule has 0 aromatic carbocycles. The first kappa shape index (κ1) is 13.9. The fourth-order valence-corrected chi connectivity index (χ4v) is 2.24. The highest BCUT2D eigenvalue weighted by molar-refractivity contribution is 4.73. The first-order valence-electron chi connectivity index (χ1n) is 6.82. The summed E-state index contributed by atoms with van der Waals surface area (Å²) in [5, 5.41) is 3.60. The number of ether oxygens (including phenoxy) is 1. The molecule has 0 saturated carbocycles. The third-order valence-corrected chi connectivity index (χ3v) is 3.30. The maximum atomic E-state index is 5.34. The molecule has 1 saturated heterocycles. The highest BCUT2D eigenvalue weighted by Gasteiger charge is 2.12. The molecule has 1 unspecified atom stereocenters. The molecule has 1 rings (SSSR count). The molecule has 0 spiro atoms. The summed E-state index contributed by atoms with van der Waals surface area (Å²) in [6.07, 6.45) is 6.59. The van der Waals surface area contributed by atoms with Gasteiger partial charge < -0.3 is 15.0 Å². The minimum Gasteiger partial charge on any atom is -0.382 e. The van der Waals surface area contributed by atoms with Gasteiger partial charge in [0.2, 0.25) is 0 Å². The maximum absolute atomic E-state index is 5.34. The molecular weight excluding hydrogens is 200 g/mol. The molecule has 3 nitrogen and oxygen atoms in total. The van der Waals surface area contributed by atoms with Crippen molar-refractivity contribution >= 4 is 0 Å². The predicted molar refractivity (Wildman–Crippen MR) is 68.9 cm³/mol. The Kier molecular flexibility index (Phi) is 7.81. The molecule has 3 heteroatoms. The molecule has 0 radical (unpaired) electrons. The van der Waals surface area contributed by atoms with E-state index < -0.39 is 0 Å². The van der Waals surface area contributed by atoms with Gasteiger partial charge in [-0.3, -0.25) is 0 Å². The van der Waals surface area contributed by atoms with E-state index in [1.165, 1.54) is 38.8 Å². The number of nitrogens with one attached hydrogen (secondary N) is 1. The molecule has 96 valence electrons. The molecule has 1 aliphatic rings. The fraction of sp³-hybridized carbons (Fsp3) is 1.00. The molecule has 1 fully saturated rings. The van der Waals surface area contributed by atoms with E-state index >= 15 is 0 Å². The molecule has 0 amide bonds. The lowest BCUT2D eigenvalue weighted by molar-refractivity contribution is 0.135. The molecule has 1 atom stereocenters. The van der Waals surface area contributed by atoms with Gasteiger partial charge in [-0.2, -0.15) is 0 Å². The maximum Gasteiger partial charge on any atom is 0.0478 e. The zero-order chi connectivity index (χ0) is 11.6. The summed E-state index contributed by atoms with van der Waals surface area (Å²) >= 11 is 0. The summed E-state index contributed by atoms with van der Waals surface area (Å²) < 4.78 is 5.34. The van der Waals surface area contributed by atoms with E-state index in [0.717, 1.165) is 32.2 Å². The predicted octanol–water partition coefficient (Wildman–Crippen LogP) is 1.88. The number of rotatable bonds is 8. The Morgan fingerprint density at radius 3 is 2.88 bits per heavy atom. The van der Waals surface area contributed by atoms with Crippen molar-refractivity contribution in [1.29, 1.82) is 0 Å². The second-order valence-corrected chi connectivity index (χ2v) is 4.79. The summed E-state index contributed by atoms with van der Waals surface area (Å²) in [6, 6.07) is 0.767. The van der Waals surface area contributed by atoms with Crippen molar-refractivity contribution in [3.8, 4) is 0 Å². The van der Waals surface area contributed by atoms with Crippen LogP contribution in [0, 0.1) is 0 Å². The fourth-order valence-electron chi connectivity index (χ4n) is 2.24. The Bertz CT molecular complexity index is 158. The standard InChI is InChI=1S/C13H28N2O/c1-3-16-12-6-10-15(2)11-8-13-7-4-5-9-14-13/h13-14H,3-12H2,1-2H3. The summed E-state index contributed by atoms with van der Waals surface area (Å²) in [6.45, 7) is 7.39. The third-order valence-electron chi connectivity index (χ3n) is 3.30. The molecule has 0 aliphatic carbocycles. The molecule has 0 aromatic rings. The SMILES string of the molecule is CCOCCCN(C)CCC1CCCCN1. The Morgan fingerprint density at radius 1 is 1.31 bits per heavy atom. The lowest BCUT2D eigenvalue weighted by Crippen LogP contribution is -2.37. The first-order valence-corrected chi connectivity index (χ1v) is 6.82. The van der Waals surface area contributed by atoms with Crippen LogP contribution in [0.2, 0.25) is 0 Å². The van der Waals surface area contributed by atoms with Crippen LogP contribution in [-0.2, 0) is 4.74 Å². The number of nitrogens with zero attached hydrogens (tertiary/aromatic N) is 1. The Morgan fingerprint density at radius 2 is 2.19 bits per heavy atom. The highest BCUT2D eigenvalue weighted by atomic mass is 16.5. The van der Waals surface area contributed by atoms with Crippen molar-refractivity contribution in [1.82, 2.24) is 10.2 Å². The van der Waals surface area contributed by atoms with E-state index in [9.17, 15) is 0 Å². The quantitative estimate of drug-likeness (QED) is 0.642. The monoisotopic (exact) mass is 228 g/mol. The smallest absolute Gasteiger partial charge is 0.0478 e. The average molecular weight is 228 g/mol. The van der Waals surface area contributed by atoms with Crippen LogP contribution < -0.4 is 5.32 Å². The van der Waals surface area contributed by atoms with Gasteiger partial charge in [-0.15, -0.1) is 0 Å².